The lowest BCUT2D eigenvalue weighted by Gasteiger charge is -2.09. The molecule has 0 amide bonds. The fourth-order valence-electron chi connectivity index (χ4n) is 2.54. The van der Waals surface area contributed by atoms with E-state index in [0.717, 1.165) is 17.4 Å². The minimum absolute atomic E-state index is 0.350. The van der Waals surface area contributed by atoms with Crippen molar-refractivity contribution in [2.75, 3.05) is 13.2 Å². The van der Waals surface area contributed by atoms with E-state index in [1.165, 1.54) is 6.07 Å². The molecule has 0 spiro atoms. The van der Waals surface area contributed by atoms with E-state index in [0.29, 0.717) is 35.9 Å². The van der Waals surface area contributed by atoms with Gasteiger partial charge in [-0.1, -0.05) is 6.92 Å². The quantitative estimate of drug-likeness (QED) is 0.507. The van der Waals surface area contributed by atoms with Crippen LogP contribution in [0.3, 0.4) is 0 Å². The lowest BCUT2D eigenvalue weighted by molar-refractivity contribution is 0.217. The summed E-state index contributed by atoms with van der Waals surface area (Å²) in [5, 5.41) is 9.68. The summed E-state index contributed by atoms with van der Waals surface area (Å²) in [6.45, 7) is 2.71. The standard InChI is InChI=1S/C20H17NO4/c1-2-15-11-20(22)25-19-12-17(7-8-18(15)19)24-10-9-23-16-5-3-14(13-21)4-6-16/h3-8,11-12H,2,9-10H2,1H3. The van der Waals surface area contributed by atoms with Crippen molar-refractivity contribution >= 4 is 11.0 Å². The fourth-order valence-corrected chi connectivity index (χ4v) is 2.54. The van der Waals surface area contributed by atoms with Gasteiger partial charge in [0.05, 0.1) is 11.6 Å². The topological polar surface area (TPSA) is 72.5 Å². The van der Waals surface area contributed by atoms with Crippen LogP contribution in [-0.2, 0) is 6.42 Å². The Morgan fingerprint density at radius 1 is 1.00 bits per heavy atom. The van der Waals surface area contributed by atoms with Crippen LogP contribution in [0.1, 0.15) is 18.1 Å². The van der Waals surface area contributed by atoms with Crippen molar-refractivity contribution in [1.29, 1.82) is 5.26 Å². The molecule has 0 aliphatic carbocycles. The van der Waals surface area contributed by atoms with Crippen LogP contribution in [0.15, 0.2) is 57.7 Å². The van der Waals surface area contributed by atoms with E-state index in [1.807, 2.05) is 19.1 Å². The molecule has 1 aromatic heterocycles. The molecule has 0 unspecified atom stereocenters. The lowest BCUT2D eigenvalue weighted by Crippen LogP contribution is -2.09. The van der Waals surface area contributed by atoms with E-state index in [4.69, 9.17) is 19.2 Å². The van der Waals surface area contributed by atoms with Gasteiger partial charge in [-0.05, 0) is 48.4 Å². The third kappa shape index (κ3) is 3.99. The molecule has 0 bridgehead atoms. The van der Waals surface area contributed by atoms with Gasteiger partial charge in [0.15, 0.2) is 0 Å². The highest BCUT2D eigenvalue weighted by Gasteiger charge is 2.06. The lowest BCUT2D eigenvalue weighted by atomic mass is 10.1. The average Bonchev–Trinajstić information content (AvgIpc) is 2.64. The van der Waals surface area contributed by atoms with E-state index in [1.54, 1.807) is 30.3 Å². The highest BCUT2D eigenvalue weighted by molar-refractivity contribution is 5.81. The second-order valence-electron chi connectivity index (χ2n) is 5.44. The number of aryl methyl sites for hydroxylation is 1. The van der Waals surface area contributed by atoms with Crippen LogP contribution in [0.4, 0.5) is 0 Å². The highest BCUT2D eigenvalue weighted by atomic mass is 16.5. The van der Waals surface area contributed by atoms with Crippen molar-refractivity contribution < 1.29 is 13.9 Å². The molecule has 3 aromatic rings. The zero-order chi connectivity index (χ0) is 17.6. The maximum absolute atomic E-state index is 11.6. The molecule has 5 heteroatoms. The van der Waals surface area contributed by atoms with Crippen molar-refractivity contribution in [1.82, 2.24) is 0 Å². The summed E-state index contributed by atoms with van der Waals surface area (Å²) in [5.41, 5.74) is 1.72. The van der Waals surface area contributed by atoms with Gasteiger partial charge >= 0.3 is 5.63 Å². The van der Waals surface area contributed by atoms with Gasteiger partial charge in [-0.25, -0.2) is 4.79 Å². The number of fused-ring (bicyclic) bond motifs is 1. The average molecular weight is 335 g/mol. The second-order valence-corrected chi connectivity index (χ2v) is 5.44. The molecule has 25 heavy (non-hydrogen) atoms. The van der Waals surface area contributed by atoms with E-state index >= 15 is 0 Å². The summed E-state index contributed by atoms with van der Waals surface area (Å²) in [4.78, 5) is 11.6. The molecule has 0 saturated carbocycles. The molecule has 5 nitrogen and oxygen atoms in total. The van der Waals surface area contributed by atoms with Crippen LogP contribution >= 0.6 is 0 Å². The molecule has 0 saturated heterocycles. The summed E-state index contributed by atoms with van der Waals surface area (Å²) in [7, 11) is 0. The molecule has 0 radical (unpaired) electrons. The minimum atomic E-state index is -0.356. The van der Waals surface area contributed by atoms with Gasteiger partial charge in [0, 0.05) is 17.5 Å². The molecule has 0 N–H and O–H groups in total. The maximum atomic E-state index is 11.6. The molecular formula is C20H17NO4. The summed E-state index contributed by atoms with van der Waals surface area (Å²) in [6, 6.07) is 15.9. The number of rotatable bonds is 6. The Bertz CT molecular complexity index is 968. The van der Waals surface area contributed by atoms with E-state index in [-0.39, 0.29) is 5.63 Å². The zero-order valence-electron chi connectivity index (χ0n) is 13.8. The fraction of sp³-hybridized carbons (Fsp3) is 0.200. The maximum Gasteiger partial charge on any atom is 0.336 e. The first kappa shape index (κ1) is 16.6. The molecule has 126 valence electrons. The highest BCUT2D eigenvalue weighted by Crippen LogP contribution is 2.23. The molecule has 0 aliphatic rings. The Kier molecular flexibility index (Phi) is 5.00. The Hall–Kier alpha value is -3.26. The first-order valence-corrected chi connectivity index (χ1v) is 8.02. The summed E-state index contributed by atoms with van der Waals surface area (Å²) in [5.74, 6) is 1.30. The molecule has 0 atom stereocenters. The molecule has 3 rings (SSSR count). The van der Waals surface area contributed by atoms with Crippen molar-refractivity contribution in [3.8, 4) is 17.6 Å². The van der Waals surface area contributed by atoms with Gasteiger partial charge < -0.3 is 13.9 Å². The number of hydrogen-bond donors (Lipinski definition) is 0. The van der Waals surface area contributed by atoms with E-state index in [9.17, 15) is 4.79 Å². The predicted octanol–water partition coefficient (Wildman–Crippen LogP) is 3.68. The minimum Gasteiger partial charge on any atom is -0.490 e. The van der Waals surface area contributed by atoms with Crippen LogP contribution in [-0.4, -0.2) is 13.2 Å². The summed E-state index contributed by atoms with van der Waals surface area (Å²) in [6.07, 6.45) is 0.765. The molecule has 2 aromatic carbocycles. The first-order valence-electron chi connectivity index (χ1n) is 8.02. The number of hydrogen-bond acceptors (Lipinski definition) is 5. The van der Waals surface area contributed by atoms with Crippen molar-refractivity contribution in [2.45, 2.75) is 13.3 Å². The Morgan fingerprint density at radius 2 is 1.68 bits per heavy atom. The Labute approximate surface area is 145 Å². The smallest absolute Gasteiger partial charge is 0.336 e. The normalized spacial score (nSPS) is 10.4. The monoisotopic (exact) mass is 335 g/mol. The van der Waals surface area contributed by atoms with Crippen molar-refractivity contribution in [3.05, 3.63) is 70.1 Å². The third-order valence-corrected chi connectivity index (χ3v) is 3.79. The Morgan fingerprint density at radius 3 is 2.36 bits per heavy atom. The van der Waals surface area contributed by atoms with Crippen molar-refractivity contribution in [3.63, 3.8) is 0 Å². The van der Waals surface area contributed by atoms with E-state index < -0.39 is 0 Å². The number of ether oxygens (including phenoxy) is 2. The molecule has 0 aliphatic heterocycles. The first-order chi connectivity index (χ1) is 12.2. The van der Waals surface area contributed by atoms with Crippen LogP contribution in [0.5, 0.6) is 11.5 Å². The van der Waals surface area contributed by atoms with Crippen LogP contribution < -0.4 is 15.1 Å². The number of benzene rings is 2. The van der Waals surface area contributed by atoms with Crippen LogP contribution in [0, 0.1) is 11.3 Å². The van der Waals surface area contributed by atoms with Gasteiger partial charge in [-0.3, -0.25) is 0 Å². The summed E-state index contributed by atoms with van der Waals surface area (Å²) < 4.78 is 16.5. The Balaban J connectivity index is 1.61. The van der Waals surface area contributed by atoms with Gasteiger partial charge in [0.1, 0.15) is 30.3 Å². The SMILES string of the molecule is CCc1cc(=O)oc2cc(OCCOc3ccc(C#N)cc3)ccc12. The zero-order valence-corrected chi connectivity index (χ0v) is 13.8. The molecular weight excluding hydrogens is 318 g/mol. The van der Waals surface area contributed by atoms with Gasteiger partial charge in [-0.2, -0.15) is 5.26 Å². The van der Waals surface area contributed by atoms with Crippen molar-refractivity contribution in [2.24, 2.45) is 0 Å². The number of nitriles is 1. The summed E-state index contributed by atoms with van der Waals surface area (Å²) >= 11 is 0. The van der Waals surface area contributed by atoms with Gasteiger partial charge in [-0.15, -0.1) is 0 Å². The van der Waals surface area contributed by atoms with E-state index in [2.05, 4.69) is 6.07 Å². The van der Waals surface area contributed by atoms with Gasteiger partial charge in [0.2, 0.25) is 0 Å². The second kappa shape index (κ2) is 7.54. The molecule has 0 fully saturated rings. The predicted molar refractivity (Wildman–Crippen MR) is 94.0 cm³/mol. The molecule has 1 heterocycles. The van der Waals surface area contributed by atoms with Crippen LogP contribution in [0.25, 0.3) is 11.0 Å². The largest absolute Gasteiger partial charge is 0.490 e. The number of nitrogens with zero attached hydrogens (tertiary/aromatic N) is 1. The van der Waals surface area contributed by atoms with Crippen LogP contribution in [0.2, 0.25) is 0 Å². The third-order valence-electron chi connectivity index (χ3n) is 3.79. The van der Waals surface area contributed by atoms with Gasteiger partial charge in [0.25, 0.3) is 0 Å².